The minimum atomic E-state index is -0.260. The monoisotopic (exact) mass is 503 g/mol. The highest BCUT2D eigenvalue weighted by Gasteiger charge is 2.20. The Morgan fingerprint density at radius 2 is 2.07 bits per heavy atom. The molecule has 1 aliphatic rings. The van der Waals surface area contributed by atoms with E-state index in [0.29, 0.717) is 19.1 Å². The summed E-state index contributed by atoms with van der Waals surface area (Å²) in [5.74, 6) is 1.51. The summed E-state index contributed by atoms with van der Waals surface area (Å²) >= 11 is 0. The molecule has 1 aromatic rings. The van der Waals surface area contributed by atoms with Crippen LogP contribution in [0.3, 0.4) is 0 Å². The summed E-state index contributed by atoms with van der Waals surface area (Å²) in [5.41, 5.74) is 7.63. The number of hydrogen-bond acceptors (Lipinski definition) is 4. The summed E-state index contributed by atoms with van der Waals surface area (Å²) < 4.78 is 5.39. The molecule has 1 aliphatic heterocycles. The zero-order valence-electron chi connectivity index (χ0n) is 17.2. The summed E-state index contributed by atoms with van der Waals surface area (Å²) in [4.78, 5) is 17.9. The summed E-state index contributed by atoms with van der Waals surface area (Å²) in [7, 11) is 1.70. The Kier molecular flexibility index (Phi) is 11.2. The third-order valence-electron chi connectivity index (χ3n) is 4.79. The molecule has 2 rings (SSSR count). The van der Waals surface area contributed by atoms with Gasteiger partial charge in [-0.3, -0.25) is 14.7 Å². The lowest BCUT2D eigenvalue weighted by Gasteiger charge is -2.32. The molecule has 8 heteroatoms. The van der Waals surface area contributed by atoms with Gasteiger partial charge in [-0.2, -0.15) is 0 Å². The second kappa shape index (κ2) is 12.8. The van der Waals surface area contributed by atoms with Gasteiger partial charge >= 0.3 is 0 Å². The Hall–Kier alpha value is -1.55. The van der Waals surface area contributed by atoms with Crippen LogP contribution < -0.4 is 21.1 Å². The minimum absolute atomic E-state index is 0. The third kappa shape index (κ3) is 8.22. The van der Waals surface area contributed by atoms with E-state index < -0.39 is 0 Å². The maximum Gasteiger partial charge on any atom is 0.231 e. The quantitative estimate of drug-likeness (QED) is 0.285. The average Bonchev–Trinajstić information content (AvgIpc) is 2.64. The van der Waals surface area contributed by atoms with E-state index in [2.05, 4.69) is 40.7 Å². The van der Waals surface area contributed by atoms with Crippen LogP contribution in [0.4, 0.5) is 0 Å². The van der Waals surface area contributed by atoms with E-state index in [4.69, 9.17) is 15.5 Å². The van der Waals surface area contributed by atoms with Crippen molar-refractivity contribution in [3.63, 3.8) is 0 Å². The molecule has 1 fully saturated rings. The SMILES string of the molecule is CCNC(=NCCc1ccc(C)c(OC)c1)NC1CCN(CC(N)=O)CC1.I. The number of guanidine groups is 1. The predicted octanol–water partition coefficient (Wildman–Crippen LogP) is 1.67. The van der Waals surface area contributed by atoms with Gasteiger partial charge in [0.2, 0.25) is 5.91 Å². The van der Waals surface area contributed by atoms with E-state index in [1.165, 1.54) is 5.56 Å². The van der Waals surface area contributed by atoms with Gasteiger partial charge < -0.3 is 21.1 Å². The van der Waals surface area contributed by atoms with E-state index in [9.17, 15) is 4.79 Å². The molecule has 7 nitrogen and oxygen atoms in total. The van der Waals surface area contributed by atoms with Gasteiger partial charge in [-0.15, -0.1) is 24.0 Å². The van der Waals surface area contributed by atoms with E-state index in [1.807, 2.05) is 6.92 Å². The standard InChI is InChI=1S/C20H33N5O2.HI/c1-4-22-20(24-17-8-11-25(12-9-17)14-19(21)26)23-10-7-16-6-5-15(2)18(13-16)27-3;/h5-6,13,17H,4,7-12,14H2,1-3H3,(H2,21,26)(H2,22,23,24);1H. The van der Waals surface area contributed by atoms with Gasteiger partial charge in [0.1, 0.15) is 5.75 Å². The number of primary amides is 1. The van der Waals surface area contributed by atoms with Crippen molar-refractivity contribution in [2.45, 2.75) is 39.2 Å². The molecule has 0 radical (unpaired) electrons. The molecule has 158 valence electrons. The van der Waals surface area contributed by atoms with Crippen LogP contribution in [-0.2, 0) is 11.2 Å². The van der Waals surface area contributed by atoms with Crippen molar-refractivity contribution < 1.29 is 9.53 Å². The molecule has 1 amide bonds. The number of benzene rings is 1. The maximum absolute atomic E-state index is 11.0. The molecular weight excluding hydrogens is 469 g/mol. The smallest absolute Gasteiger partial charge is 0.231 e. The summed E-state index contributed by atoms with van der Waals surface area (Å²) in [6.45, 7) is 7.75. The normalized spacial score (nSPS) is 15.6. The Morgan fingerprint density at radius 1 is 1.36 bits per heavy atom. The fourth-order valence-corrected chi connectivity index (χ4v) is 3.29. The lowest BCUT2D eigenvalue weighted by molar-refractivity contribution is -0.119. The molecule has 1 saturated heterocycles. The fraction of sp³-hybridized carbons (Fsp3) is 0.600. The first kappa shape index (κ1) is 24.5. The summed E-state index contributed by atoms with van der Waals surface area (Å²) in [6.07, 6.45) is 2.82. The molecule has 0 saturated carbocycles. The highest BCUT2D eigenvalue weighted by molar-refractivity contribution is 14.0. The average molecular weight is 503 g/mol. The first-order valence-electron chi connectivity index (χ1n) is 9.70. The zero-order chi connectivity index (χ0) is 19.6. The number of nitrogens with two attached hydrogens (primary N) is 1. The number of rotatable bonds is 8. The minimum Gasteiger partial charge on any atom is -0.496 e. The molecule has 0 atom stereocenters. The van der Waals surface area contributed by atoms with Crippen LogP contribution in [0.15, 0.2) is 23.2 Å². The number of nitrogens with one attached hydrogen (secondary N) is 2. The van der Waals surface area contributed by atoms with Crippen LogP contribution in [-0.4, -0.2) is 62.6 Å². The first-order chi connectivity index (χ1) is 13.0. The number of ether oxygens (including phenoxy) is 1. The van der Waals surface area contributed by atoms with E-state index in [0.717, 1.165) is 56.2 Å². The zero-order valence-corrected chi connectivity index (χ0v) is 19.5. The number of aliphatic imine (C=N–C) groups is 1. The van der Waals surface area contributed by atoms with Crippen molar-refractivity contribution in [1.82, 2.24) is 15.5 Å². The molecule has 0 bridgehead atoms. The summed E-state index contributed by atoms with van der Waals surface area (Å²) in [5, 5.41) is 6.84. The van der Waals surface area contributed by atoms with Gasteiger partial charge in [0.15, 0.2) is 5.96 Å². The van der Waals surface area contributed by atoms with Crippen LogP contribution in [0.5, 0.6) is 5.75 Å². The number of aryl methyl sites for hydroxylation is 1. The van der Waals surface area contributed by atoms with Gasteiger partial charge in [-0.1, -0.05) is 12.1 Å². The van der Waals surface area contributed by atoms with Crippen molar-refractivity contribution in [1.29, 1.82) is 0 Å². The molecule has 28 heavy (non-hydrogen) atoms. The van der Waals surface area contributed by atoms with E-state index in [-0.39, 0.29) is 29.9 Å². The lowest BCUT2D eigenvalue weighted by Crippen LogP contribution is -2.49. The largest absolute Gasteiger partial charge is 0.496 e. The van der Waals surface area contributed by atoms with E-state index in [1.54, 1.807) is 7.11 Å². The number of nitrogens with zero attached hydrogens (tertiary/aromatic N) is 2. The van der Waals surface area contributed by atoms with Crippen LogP contribution in [0, 0.1) is 6.92 Å². The molecule has 1 heterocycles. The second-order valence-electron chi connectivity index (χ2n) is 6.98. The van der Waals surface area contributed by atoms with Crippen molar-refractivity contribution in [3.8, 4) is 5.75 Å². The van der Waals surface area contributed by atoms with Gasteiger partial charge in [-0.05, 0) is 50.3 Å². The van der Waals surface area contributed by atoms with Crippen LogP contribution in [0.1, 0.15) is 30.9 Å². The van der Waals surface area contributed by atoms with Gasteiger partial charge in [0.25, 0.3) is 0 Å². The van der Waals surface area contributed by atoms with Crippen molar-refractivity contribution in [2.24, 2.45) is 10.7 Å². The molecule has 4 N–H and O–H groups in total. The number of methoxy groups -OCH3 is 1. The van der Waals surface area contributed by atoms with E-state index >= 15 is 0 Å². The topological polar surface area (TPSA) is 92.0 Å². The number of amides is 1. The molecule has 1 aromatic carbocycles. The van der Waals surface area contributed by atoms with Gasteiger partial charge in [0, 0.05) is 32.2 Å². The molecular formula is C20H34IN5O2. The molecule has 0 aliphatic carbocycles. The third-order valence-corrected chi connectivity index (χ3v) is 4.79. The van der Waals surface area contributed by atoms with Crippen LogP contribution in [0.2, 0.25) is 0 Å². The number of piperidine rings is 1. The number of hydrogen-bond donors (Lipinski definition) is 3. The van der Waals surface area contributed by atoms with Gasteiger partial charge in [0.05, 0.1) is 13.7 Å². The predicted molar refractivity (Wildman–Crippen MR) is 125 cm³/mol. The maximum atomic E-state index is 11.0. The van der Waals surface area contributed by atoms with Crippen molar-refractivity contribution >= 4 is 35.8 Å². The Balaban J connectivity index is 0.00000392. The number of carbonyl (C=O) groups is 1. The number of likely N-dealkylation sites (tertiary alicyclic amines) is 1. The highest BCUT2D eigenvalue weighted by atomic mass is 127. The Labute approximate surface area is 185 Å². The van der Waals surface area contributed by atoms with Crippen LogP contribution >= 0.6 is 24.0 Å². The molecule has 0 unspecified atom stereocenters. The Bertz CT molecular complexity index is 645. The lowest BCUT2D eigenvalue weighted by atomic mass is 10.1. The number of carbonyl (C=O) groups excluding carboxylic acids is 1. The van der Waals surface area contributed by atoms with Crippen molar-refractivity contribution in [3.05, 3.63) is 29.3 Å². The summed E-state index contributed by atoms with van der Waals surface area (Å²) in [6, 6.07) is 6.66. The molecule has 0 aromatic heterocycles. The highest BCUT2D eigenvalue weighted by Crippen LogP contribution is 2.19. The molecule has 0 spiro atoms. The number of halogens is 1. The second-order valence-corrected chi connectivity index (χ2v) is 6.98. The first-order valence-corrected chi connectivity index (χ1v) is 9.70. The fourth-order valence-electron chi connectivity index (χ4n) is 3.29. The van der Waals surface area contributed by atoms with Crippen molar-refractivity contribution in [2.75, 3.05) is 39.8 Å². The van der Waals surface area contributed by atoms with Gasteiger partial charge in [-0.25, -0.2) is 0 Å². The Morgan fingerprint density at radius 3 is 2.68 bits per heavy atom. The van der Waals surface area contributed by atoms with Crippen LogP contribution in [0.25, 0.3) is 0 Å².